The lowest BCUT2D eigenvalue weighted by Gasteiger charge is -2.43. The standard InChI is InChI=1S/C13H34N4Si/c1-5-9-14-12(8-4)13(17-18,15-10-6-2)16-11-7-3/h12,14-17H,5-11H2,1-4,18H3. The van der Waals surface area contributed by atoms with Gasteiger partial charge in [0.1, 0.15) is 5.79 Å². The molecule has 0 aliphatic rings. The molecule has 0 amide bonds. The number of hydrogen-bond acceptors (Lipinski definition) is 4. The highest BCUT2D eigenvalue weighted by Gasteiger charge is 2.34. The van der Waals surface area contributed by atoms with E-state index in [0.717, 1.165) is 49.3 Å². The third kappa shape index (κ3) is 5.80. The highest BCUT2D eigenvalue weighted by atomic mass is 28.2. The minimum absolute atomic E-state index is 0.137. The van der Waals surface area contributed by atoms with Gasteiger partial charge in [-0.15, -0.1) is 0 Å². The summed E-state index contributed by atoms with van der Waals surface area (Å²) < 4.78 is 0. The summed E-state index contributed by atoms with van der Waals surface area (Å²) in [7, 11) is 0.976. The first kappa shape index (κ1) is 18.1. The van der Waals surface area contributed by atoms with Crippen molar-refractivity contribution in [3.8, 4) is 0 Å². The van der Waals surface area contributed by atoms with Gasteiger partial charge in [-0.05, 0) is 45.3 Å². The van der Waals surface area contributed by atoms with Crippen LogP contribution in [0.4, 0.5) is 0 Å². The van der Waals surface area contributed by atoms with Gasteiger partial charge in [0.15, 0.2) is 0 Å². The Hall–Kier alpha value is 0.0569. The van der Waals surface area contributed by atoms with E-state index in [2.05, 4.69) is 48.6 Å². The molecule has 0 heterocycles. The molecule has 0 aromatic carbocycles. The smallest absolute Gasteiger partial charge is 0.132 e. The Morgan fingerprint density at radius 3 is 1.72 bits per heavy atom. The summed E-state index contributed by atoms with van der Waals surface area (Å²) in [5, 5.41) is 11.0. The quantitative estimate of drug-likeness (QED) is 0.305. The largest absolute Gasteiger partial charge is 0.316 e. The fourth-order valence-corrected chi connectivity index (χ4v) is 2.93. The van der Waals surface area contributed by atoms with Gasteiger partial charge in [0.05, 0.1) is 16.4 Å². The Bertz CT molecular complexity index is 182. The Morgan fingerprint density at radius 2 is 1.39 bits per heavy atom. The second-order valence-corrected chi connectivity index (χ2v) is 5.33. The van der Waals surface area contributed by atoms with Gasteiger partial charge in [0, 0.05) is 0 Å². The van der Waals surface area contributed by atoms with Gasteiger partial charge in [-0.25, -0.2) is 0 Å². The van der Waals surface area contributed by atoms with Crippen LogP contribution in [-0.4, -0.2) is 41.9 Å². The van der Waals surface area contributed by atoms with Crippen molar-refractivity contribution in [3.63, 3.8) is 0 Å². The Morgan fingerprint density at radius 1 is 0.889 bits per heavy atom. The summed E-state index contributed by atoms with van der Waals surface area (Å²) in [6.07, 6.45) is 4.60. The maximum Gasteiger partial charge on any atom is 0.132 e. The van der Waals surface area contributed by atoms with E-state index in [4.69, 9.17) is 0 Å². The summed E-state index contributed by atoms with van der Waals surface area (Å²) in [6.45, 7) is 12.0. The molecule has 18 heavy (non-hydrogen) atoms. The topological polar surface area (TPSA) is 48.1 Å². The van der Waals surface area contributed by atoms with Crippen LogP contribution in [0, 0.1) is 0 Å². The van der Waals surface area contributed by atoms with Crippen LogP contribution in [-0.2, 0) is 0 Å². The molecule has 0 saturated heterocycles. The molecule has 0 aliphatic heterocycles. The van der Waals surface area contributed by atoms with Gasteiger partial charge in [-0.3, -0.25) is 10.6 Å². The second-order valence-electron chi connectivity index (χ2n) is 4.83. The second kappa shape index (κ2) is 10.9. The molecule has 1 unspecified atom stereocenters. The van der Waals surface area contributed by atoms with Gasteiger partial charge in [-0.2, -0.15) is 0 Å². The minimum atomic E-state index is -0.137. The lowest BCUT2D eigenvalue weighted by Crippen LogP contribution is -2.75. The van der Waals surface area contributed by atoms with E-state index < -0.39 is 0 Å². The molecule has 0 rings (SSSR count). The average Bonchev–Trinajstić information content (AvgIpc) is 2.41. The fraction of sp³-hybridized carbons (Fsp3) is 1.00. The molecule has 0 bridgehead atoms. The SMILES string of the molecule is CCCNC(CC)C(N[SiH3])(NCCC)NCCC. The molecule has 110 valence electrons. The molecule has 0 spiro atoms. The van der Waals surface area contributed by atoms with Crippen LogP contribution < -0.4 is 20.9 Å². The van der Waals surface area contributed by atoms with Gasteiger partial charge >= 0.3 is 0 Å². The predicted octanol–water partition coefficient (Wildman–Crippen LogP) is 0.288. The van der Waals surface area contributed by atoms with Crippen molar-refractivity contribution < 1.29 is 0 Å². The number of nitrogens with one attached hydrogen (secondary N) is 4. The molecule has 4 N–H and O–H groups in total. The van der Waals surface area contributed by atoms with E-state index in [9.17, 15) is 0 Å². The average molecular weight is 275 g/mol. The normalized spacial score (nSPS) is 14.0. The van der Waals surface area contributed by atoms with Gasteiger partial charge < -0.3 is 10.3 Å². The maximum atomic E-state index is 3.68. The predicted molar refractivity (Wildman–Crippen MR) is 84.8 cm³/mol. The molecule has 0 radical (unpaired) electrons. The molecule has 1 atom stereocenters. The van der Waals surface area contributed by atoms with Crippen molar-refractivity contribution in [1.29, 1.82) is 0 Å². The van der Waals surface area contributed by atoms with Gasteiger partial charge in [0.25, 0.3) is 0 Å². The van der Waals surface area contributed by atoms with E-state index in [1.165, 1.54) is 6.42 Å². The molecule has 0 saturated carbocycles. The first-order valence-corrected chi connectivity index (χ1v) is 8.62. The van der Waals surface area contributed by atoms with Crippen molar-refractivity contribution in [1.82, 2.24) is 20.9 Å². The lowest BCUT2D eigenvalue weighted by atomic mass is 10.1. The summed E-state index contributed by atoms with van der Waals surface area (Å²) >= 11 is 0. The maximum absolute atomic E-state index is 3.68. The third-order valence-corrected chi connectivity index (χ3v) is 4.06. The van der Waals surface area contributed by atoms with E-state index in [1.54, 1.807) is 0 Å². The fourth-order valence-electron chi connectivity index (χ4n) is 2.23. The van der Waals surface area contributed by atoms with Crippen LogP contribution >= 0.6 is 0 Å². The molecular weight excluding hydrogens is 240 g/mol. The molecule has 0 aromatic rings. The first-order valence-electron chi connectivity index (χ1n) is 7.62. The zero-order chi connectivity index (χ0) is 13.9. The van der Waals surface area contributed by atoms with Crippen molar-refractivity contribution in [2.45, 2.75) is 65.2 Å². The van der Waals surface area contributed by atoms with Crippen molar-refractivity contribution in [2.75, 3.05) is 19.6 Å². The summed E-state index contributed by atoms with van der Waals surface area (Å²) in [4.78, 5) is 3.60. The Balaban J connectivity index is 4.72. The van der Waals surface area contributed by atoms with E-state index in [1.807, 2.05) is 0 Å². The Labute approximate surface area is 117 Å². The zero-order valence-electron chi connectivity index (χ0n) is 13.0. The van der Waals surface area contributed by atoms with Crippen LogP contribution in [0.15, 0.2) is 0 Å². The van der Waals surface area contributed by atoms with E-state index in [-0.39, 0.29) is 5.79 Å². The van der Waals surface area contributed by atoms with Crippen LogP contribution in [0.2, 0.25) is 0 Å². The summed E-state index contributed by atoms with van der Waals surface area (Å²) in [5.41, 5.74) is 0. The van der Waals surface area contributed by atoms with Crippen molar-refractivity contribution in [2.24, 2.45) is 0 Å². The first-order chi connectivity index (χ1) is 8.70. The summed E-state index contributed by atoms with van der Waals surface area (Å²) in [6, 6.07) is 0.424. The van der Waals surface area contributed by atoms with Crippen LogP contribution in [0.25, 0.3) is 0 Å². The number of hydrogen-bond donors (Lipinski definition) is 4. The van der Waals surface area contributed by atoms with Crippen LogP contribution in [0.3, 0.4) is 0 Å². The highest BCUT2D eigenvalue weighted by molar-refractivity contribution is 6.04. The summed E-state index contributed by atoms with van der Waals surface area (Å²) in [5.74, 6) is -0.137. The zero-order valence-corrected chi connectivity index (χ0v) is 15.0. The van der Waals surface area contributed by atoms with E-state index in [0.29, 0.717) is 6.04 Å². The molecule has 0 aromatic heterocycles. The third-order valence-electron chi connectivity index (χ3n) is 3.27. The minimum Gasteiger partial charge on any atom is -0.316 e. The molecular formula is C13H34N4Si. The molecule has 0 fully saturated rings. The molecule has 4 nitrogen and oxygen atoms in total. The van der Waals surface area contributed by atoms with Crippen molar-refractivity contribution >= 4 is 10.4 Å². The Kier molecular flexibility index (Phi) is 11.0. The highest BCUT2D eigenvalue weighted by Crippen LogP contribution is 2.08. The molecule has 0 aliphatic carbocycles. The van der Waals surface area contributed by atoms with Crippen LogP contribution in [0.5, 0.6) is 0 Å². The van der Waals surface area contributed by atoms with Crippen molar-refractivity contribution in [3.05, 3.63) is 0 Å². The number of rotatable bonds is 12. The van der Waals surface area contributed by atoms with Crippen LogP contribution in [0.1, 0.15) is 53.4 Å². The molecule has 5 heteroatoms. The van der Waals surface area contributed by atoms with E-state index >= 15 is 0 Å². The monoisotopic (exact) mass is 274 g/mol. The lowest BCUT2D eigenvalue weighted by molar-refractivity contribution is 0.162. The van der Waals surface area contributed by atoms with Gasteiger partial charge in [-0.1, -0.05) is 27.7 Å². The van der Waals surface area contributed by atoms with Gasteiger partial charge in [0.2, 0.25) is 0 Å².